The van der Waals surface area contributed by atoms with Crippen LogP contribution < -0.4 is 9.47 Å². The fraction of sp³-hybridized carbons (Fsp3) is 0.429. The van der Waals surface area contributed by atoms with Crippen LogP contribution in [0.5, 0.6) is 11.5 Å². The van der Waals surface area contributed by atoms with Gasteiger partial charge in [0.1, 0.15) is 17.3 Å². The number of carbonyl (C=O) groups is 2. The summed E-state index contributed by atoms with van der Waals surface area (Å²) >= 11 is 0. The number of morpholine rings is 1. The van der Waals surface area contributed by atoms with Crippen LogP contribution in [0.1, 0.15) is 37.4 Å². The van der Waals surface area contributed by atoms with Crippen molar-refractivity contribution in [3.8, 4) is 11.5 Å². The van der Waals surface area contributed by atoms with Gasteiger partial charge in [0, 0.05) is 31.7 Å². The second-order valence-corrected chi connectivity index (χ2v) is 8.76. The van der Waals surface area contributed by atoms with Crippen LogP contribution in [-0.4, -0.2) is 79.2 Å². The first-order valence-electron chi connectivity index (χ1n) is 12.6. The molecule has 1 unspecified atom stereocenters. The summed E-state index contributed by atoms with van der Waals surface area (Å²) in [4.78, 5) is 30.4. The Morgan fingerprint density at radius 3 is 2.36 bits per heavy atom. The zero-order valence-corrected chi connectivity index (χ0v) is 20.9. The van der Waals surface area contributed by atoms with E-state index in [0.29, 0.717) is 56.5 Å². The van der Waals surface area contributed by atoms with E-state index < -0.39 is 17.7 Å². The lowest BCUT2D eigenvalue weighted by Crippen LogP contribution is -2.38. The lowest BCUT2D eigenvalue weighted by Gasteiger charge is -2.29. The Labute approximate surface area is 212 Å². The maximum absolute atomic E-state index is 13.3. The topological polar surface area (TPSA) is 88.5 Å². The van der Waals surface area contributed by atoms with Gasteiger partial charge in [0.05, 0.1) is 38.0 Å². The number of hydrogen-bond donors (Lipinski definition) is 1. The average Bonchev–Trinajstić information content (AvgIpc) is 3.15. The maximum atomic E-state index is 13.3. The van der Waals surface area contributed by atoms with Gasteiger partial charge in [0.25, 0.3) is 11.7 Å². The van der Waals surface area contributed by atoms with E-state index in [4.69, 9.17) is 14.2 Å². The molecule has 192 valence electrons. The Hall–Kier alpha value is -3.36. The third-order valence-electron chi connectivity index (χ3n) is 6.44. The number of aliphatic hydroxyl groups is 1. The van der Waals surface area contributed by atoms with Crippen LogP contribution in [0.3, 0.4) is 0 Å². The van der Waals surface area contributed by atoms with Gasteiger partial charge in [-0.15, -0.1) is 0 Å². The molecule has 1 amide bonds. The Bertz CT molecular complexity index is 1090. The number of likely N-dealkylation sites (tertiary alicyclic amines) is 1. The van der Waals surface area contributed by atoms with Crippen molar-refractivity contribution in [1.29, 1.82) is 0 Å². The SMILES string of the molecule is CCOc1ccc(C(O)=C2C(=O)C(=O)N(CCCN3CCOCC3)C2c2cccc(OCC)c2)cc1. The number of rotatable bonds is 10. The lowest BCUT2D eigenvalue weighted by molar-refractivity contribution is -0.140. The van der Waals surface area contributed by atoms with E-state index in [1.54, 1.807) is 29.2 Å². The van der Waals surface area contributed by atoms with Gasteiger partial charge >= 0.3 is 0 Å². The van der Waals surface area contributed by atoms with Crippen molar-refractivity contribution in [2.45, 2.75) is 26.3 Å². The number of hydrogen-bond acceptors (Lipinski definition) is 7. The molecular weight excluding hydrogens is 460 g/mol. The zero-order valence-electron chi connectivity index (χ0n) is 20.9. The summed E-state index contributed by atoms with van der Waals surface area (Å²) in [6, 6.07) is 13.5. The molecule has 2 aromatic carbocycles. The van der Waals surface area contributed by atoms with E-state index in [-0.39, 0.29) is 11.3 Å². The highest BCUT2D eigenvalue weighted by Crippen LogP contribution is 2.40. The van der Waals surface area contributed by atoms with Crippen molar-refractivity contribution in [3.05, 3.63) is 65.2 Å². The number of benzene rings is 2. The molecule has 0 bridgehead atoms. The summed E-state index contributed by atoms with van der Waals surface area (Å²) in [5.41, 5.74) is 1.26. The summed E-state index contributed by atoms with van der Waals surface area (Å²) in [5, 5.41) is 11.3. The molecule has 8 nitrogen and oxygen atoms in total. The highest BCUT2D eigenvalue weighted by molar-refractivity contribution is 6.46. The number of nitrogens with zero attached hydrogens (tertiary/aromatic N) is 2. The van der Waals surface area contributed by atoms with E-state index in [9.17, 15) is 14.7 Å². The molecule has 2 saturated heterocycles. The minimum absolute atomic E-state index is 0.0872. The number of amides is 1. The summed E-state index contributed by atoms with van der Waals surface area (Å²) < 4.78 is 16.6. The normalized spacial score (nSPS) is 20.1. The first-order valence-corrected chi connectivity index (χ1v) is 12.6. The Balaban J connectivity index is 1.67. The van der Waals surface area contributed by atoms with E-state index in [1.807, 2.05) is 38.1 Å². The minimum Gasteiger partial charge on any atom is -0.507 e. The van der Waals surface area contributed by atoms with Crippen molar-refractivity contribution in [3.63, 3.8) is 0 Å². The molecule has 2 fully saturated rings. The van der Waals surface area contributed by atoms with Crippen molar-refractivity contribution < 1.29 is 28.9 Å². The van der Waals surface area contributed by atoms with Gasteiger partial charge in [-0.2, -0.15) is 0 Å². The average molecular weight is 495 g/mol. The maximum Gasteiger partial charge on any atom is 0.295 e. The second-order valence-electron chi connectivity index (χ2n) is 8.76. The molecule has 4 rings (SSSR count). The molecule has 2 heterocycles. The quantitative estimate of drug-likeness (QED) is 0.307. The first-order chi connectivity index (χ1) is 17.5. The van der Waals surface area contributed by atoms with Gasteiger partial charge in [-0.25, -0.2) is 0 Å². The molecule has 0 aliphatic carbocycles. The molecule has 0 saturated carbocycles. The first kappa shape index (κ1) is 25.7. The van der Waals surface area contributed by atoms with Gasteiger partial charge in [-0.1, -0.05) is 12.1 Å². The fourth-order valence-corrected chi connectivity index (χ4v) is 4.72. The molecule has 2 aliphatic rings. The summed E-state index contributed by atoms with van der Waals surface area (Å²) in [5.74, 6) is -0.164. The fourth-order valence-electron chi connectivity index (χ4n) is 4.72. The van der Waals surface area contributed by atoms with Crippen molar-refractivity contribution in [1.82, 2.24) is 9.80 Å². The van der Waals surface area contributed by atoms with Gasteiger partial charge in [0.15, 0.2) is 0 Å². The molecule has 1 N–H and O–H groups in total. The molecular formula is C28H34N2O6. The Morgan fingerprint density at radius 2 is 1.67 bits per heavy atom. The summed E-state index contributed by atoms with van der Waals surface area (Å²) in [6.45, 7) is 9.14. The molecule has 1 atom stereocenters. The van der Waals surface area contributed by atoms with E-state index in [2.05, 4.69) is 4.90 Å². The largest absolute Gasteiger partial charge is 0.507 e. The van der Waals surface area contributed by atoms with E-state index >= 15 is 0 Å². The third-order valence-corrected chi connectivity index (χ3v) is 6.44. The van der Waals surface area contributed by atoms with Crippen LogP contribution in [0.4, 0.5) is 0 Å². The summed E-state index contributed by atoms with van der Waals surface area (Å²) in [6.07, 6.45) is 0.706. The predicted molar refractivity (Wildman–Crippen MR) is 136 cm³/mol. The molecule has 0 spiro atoms. The molecule has 36 heavy (non-hydrogen) atoms. The van der Waals surface area contributed by atoms with E-state index in [0.717, 1.165) is 25.2 Å². The van der Waals surface area contributed by atoms with Crippen LogP contribution in [0.15, 0.2) is 54.1 Å². The van der Waals surface area contributed by atoms with Crippen LogP contribution in [0.2, 0.25) is 0 Å². The minimum atomic E-state index is -0.707. The number of Topliss-reactive ketones (excluding diaryl/α,β-unsaturated/α-hetero) is 1. The number of aliphatic hydroxyl groups excluding tert-OH is 1. The van der Waals surface area contributed by atoms with Gasteiger partial charge in [-0.05, 0) is 62.2 Å². The number of carbonyl (C=O) groups excluding carboxylic acids is 2. The second kappa shape index (κ2) is 12.1. The highest BCUT2D eigenvalue weighted by atomic mass is 16.5. The predicted octanol–water partition coefficient (Wildman–Crippen LogP) is 3.63. The van der Waals surface area contributed by atoms with Crippen molar-refractivity contribution >= 4 is 17.4 Å². The highest BCUT2D eigenvalue weighted by Gasteiger charge is 2.46. The van der Waals surface area contributed by atoms with Crippen LogP contribution in [-0.2, 0) is 14.3 Å². The van der Waals surface area contributed by atoms with Crippen LogP contribution >= 0.6 is 0 Å². The zero-order chi connectivity index (χ0) is 25.5. The number of ketones is 1. The van der Waals surface area contributed by atoms with E-state index in [1.165, 1.54) is 0 Å². The molecule has 2 aromatic rings. The lowest BCUT2D eigenvalue weighted by atomic mass is 9.95. The van der Waals surface area contributed by atoms with Gasteiger partial charge < -0.3 is 24.2 Å². The number of ether oxygens (including phenoxy) is 3. The van der Waals surface area contributed by atoms with Crippen LogP contribution in [0, 0.1) is 0 Å². The molecule has 0 radical (unpaired) electrons. The Morgan fingerprint density at radius 1 is 0.972 bits per heavy atom. The molecule has 2 aliphatic heterocycles. The van der Waals surface area contributed by atoms with Gasteiger partial charge in [-0.3, -0.25) is 14.5 Å². The smallest absolute Gasteiger partial charge is 0.295 e. The van der Waals surface area contributed by atoms with Crippen molar-refractivity contribution in [2.24, 2.45) is 0 Å². The van der Waals surface area contributed by atoms with Crippen molar-refractivity contribution in [2.75, 3.05) is 52.6 Å². The molecule has 8 heteroatoms. The third kappa shape index (κ3) is 5.71. The standard InChI is InChI=1S/C28H34N2O6/c1-3-35-22-11-9-20(10-12-22)26(31)24-25(21-7-5-8-23(19-21)36-4-2)30(28(33)27(24)32)14-6-13-29-15-17-34-18-16-29/h5,7-12,19,25,31H,3-4,6,13-18H2,1-2H3. The molecule has 0 aromatic heterocycles. The van der Waals surface area contributed by atoms with Gasteiger partial charge in [0.2, 0.25) is 0 Å². The monoisotopic (exact) mass is 494 g/mol. The van der Waals surface area contributed by atoms with Crippen LogP contribution in [0.25, 0.3) is 5.76 Å². The Kier molecular flexibility index (Phi) is 8.61. The summed E-state index contributed by atoms with van der Waals surface area (Å²) in [7, 11) is 0.